The maximum atomic E-state index is 13.1. The van der Waals surface area contributed by atoms with Gasteiger partial charge in [-0.15, -0.1) is 0 Å². The summed E-state index contributed by atoms with van der Waals surface area (Å²) in [6.07, 6.45) is 0. The van der Waals surface area contributed by atoms with Gasteiger partial charge in [0.1, 0.15) is 0 Å². The molecule has 2 heterocycles. The number of anilines is 3. The largest absolute Gasteiger partial charge is 0.399 e. The number of hydrogen-bond donors (Lipinski definition) is 2. The molecule has 164 valence electrons. The van der Waals surface area contributed by atoms with Crippen LogP contribution in [0.2, 0.25) is 0 Å². The van der Waals surface area contributed by atoms with E-state index in [-0.39, 0.29) is 11.9 Å². The average molecular weight is 424 g/mol. The molecule has 0 atom stereocenters. The van der Waals surface area contributed by atoms with Gasteiger partial charge in [-0.25, -0.2) is 4.79 Å². The van der Waals surface area contributed by atoms with Gasteiger partial charge in [0.15, 0.2) is 0 Å². The minimum Gasteiger partial charge on any atom is -0.399 e. The van der Waals surface area contributed by atoms with Crippen molar-refractivity contribution in [1.29, 1.82) is 0 Å². The highest BCUT2D eigenvalue weighted by Gasteiger charge is 2.27. The van der Waals surface area contributed by atoms with Crippen LogP contribution >= 0.6 is 0 Å². The Balaban J connectivity index is 1.42. The molecule has 0 aromatic heterocycles. The number of carbonyl (C=O) groups excluding carboxylic acids is 2. The molecule has 4 rings (SSSR count). The Morgan fingerprint density at radius 3 is 2.26 bits per heavy atom. The molecule has 2 fully saturated rings. The first kappa shape index (κ1) is 21.0. The Kier molecular flexibility index (Phi) is 6.27. The van der Waals surface area contributed by atoms with E-state index in [0.29, 0.717) is 63.7 Å². The molecule has 0 unspecified atom stereocenters. The third-order valence-corrected chi connectivity index (χ3v) is 5.76. The molecule has 0 saturated carbocycles. The lowest BCUT2D eigenvalue weighted by molar-refractivity contribution is 0.0303. The number of benzene rings is 2. The van der Waals surface area contributed by atoms with Crippen LogP contribution in [0, 0.1) is 6.92 Å². The van der Waals surface area contributed by atoms with E-state index in [1.54, 1.807) is 11.0 Å². The summed E-state index contributed by atoms with van der Waals surface area (Å²) < 4.78 is 5.37. The lowest BCUT2D eigenvalue weighted by atomic mass is 10.1. The number of piperazine rings is 1. The summed E-state index contributed by atoms with van der Waals surface area (Å²) >= 11 is 0. The van der Waals surface area contributed by atoms with Crippen molar-refractivity contribution in [3.8, 4) is 0 Å². The van der Waals surface area contributed by atoms with Crippen molar-refractivity contribution in [3.63, 3.8) is 0 Å². The van der Waals surface area contributed by atoms with Crippen molar-refractivity contribution in [2.24, 2.45) is 0 Å². The summed E-state index contributed by atoms with van der Waals surface area (Å²) in [7, 11) is 0. The average Bonchev–Trinajstić information content (AvgIpc) is 2.81. The molecule has 2 aliphatic rings. The van der Waals surface area contributed by atoms with E-state index in [1.165, 1.54) is 0 Å². The van der Waals surface area contributed by atoms with E-state index in [2.05, 4.69) is 10.2 Å². The second-order valence-corrected chi connectivity index (χ2v) is 7.95. The Bertz CT molecular complexity index is 933. The van der Waals surface area contributed by atoms with Crippen LogP contribution in [0.15, 0.2) is 42.5 Å². The lowest BCUT2D eigenvalue weighted by Gasteiger charge is -2.37. The van der Waals surface area contributed by atoms with Gasteiger partial charge in [0.05, 0.1) is 18.8 Å². The number of aryl methyl sites for hydroxylation is 1. The summed E-state index contributed by atoms with van der Waals surface area (Å²) in [4.78, 5) is 31.5. The highest BCUT2D eigenvalue weighted by Crippen LogP contribution is 2.26. The van der Waals surface area contributed by atoms with Gasteiger partial charge in [-0.1, -0.05) is 17.7 Å². The number of rotatable bonds is 3. The maximum Gasteiger partial charge on any atom is 0.321 e. The Morgan fingerprint density at radius 2 is 1.58 bits per heavy atom. The van der Waals surface area contributed by atoms with Crippen molar-refractivity contribution in [2.75, 3.05) is 68.4 Å². The van der Waals surface area contributed by atoms with E-state index in [4.69, 9.17) is 10.5 Å². The van der Waals surface area contributed by atoms with Crippen LogP contribution in [0.5, 0.6) is 0 Å². The van der Waals surface area contributed by atoms with E-state index >= 15 is 0 Å². The summed E-state index contributed by atoms with van der Waals surface area (Å²) in [6, 6.07) is 13.1. The number of nitrogens with one attached hydrogen (secondary N) is 1. The fraction of sp³-hybridized carbons (Fsp3) is 0.391. The Morgan fingerprint density at radius 1 is 0.903 bits per heavy atom. The first-order valence-electron chi connectivity index (χ1n) is 10.7. The zero-order valence-electron chi connectivity index (χ0n) is 17.8. The maximum absolute atomic E-state index is 13.1. The van der Waals surface area contributed by atoms with Crippen molar-refractivity contribution < 1.29 is 14.3 Å². The molecule has 2 saturated heterocycles. The fourth-order valence-electron chi connectivity index (χ4n) is 3.93. The standard InChI is InChI=1S/C23H29N5O3/c1-17-2-5-19(6-3-17)25-23(30)28-10-8-26(9-11-28)21-7-4-18(24)16-20(21)22(29)27-12-14-31-15-13-27/h2-7,16H,8-15,24H2,1H3,(H,25,30). The number of carbonyl (C=O) groups is 2. The summed E-state index contributed by atoms with van der Waals surface area (Å²) in [5.74, 6) is -0.0230. The molecule has 3 amide bonds. The summed E-state index contributed by atoms with van der Waals surface area (Å²) in [5.41, 5.74) is 9.97. The quantitative estimate of drug-likeness (QED) is 0.740. The molecule has 0 radical (unpaired) electrons. The van der Waals surface area contributed by atoms with Gasteiger partial charge in [0.2, 0.25) is 0 Å². The van der Waals surface area contributed by atoms with Crippen LogP contribution < -0.4 is 16.0 Å². The molecule has 2 aromatic rings. The Hall–Kier alpha value is -3.26. The molecule has 8 nitrogen and oxygen atoms in total. The number of amides is 3. The van der Waals surface area contributed by atoms with Crippen molar-refractivity contribution >= 4 is 29.0 Å². The number of nitrogen functional groups attached to an aromatic ring is 1. The topological polar surface area (TPSA) is 91.1 Å². The van der Waals surface area contributed by atoms with E-state index in [0.717, 1.165) is 16.9 Å². The van der Waals surface area contributed by atoms with Crippen LogP contribution in [0.4, 0.5) is 21.9 Å². The summed E-state index contributed by atoms with van der Waals surface area (Å²) in [6.45, 7) is 6.74. The van der Waals surface area contributed by atoms with Gasteiger partial charge in [-0.3, -0.25) is 4.79 Å². The van der Waals surface area contributed by atoms with Crippen LogP contribution in [-0.4, -0.2) is 74.2 Å². The Labute approximate surface area is 182 Å². The predicted octanol–water partition coefficient (Wildman–Crippen LogP) is 2.40. The molecule has 0 spiro atoms. The number of nitrogens with zero attached hydrogens (tertiary/aromatic N) is 3. The number of hydrogen-bond acceptors (Lipinski definition) is 5. The molecule has 8 heteroatoms. The van der Waals surface area contributed by atoms with Gasteiger partial charge < -0.3 is 30.5 Å². The SMILES string of the molecule is Cc1ccc(NC(=O)N2CCN(c3ccc(N)cc3C(=O)N3CCOCC3)CC2)cc1. The minimum atomic E-state index is -0.106. The molecule has 31 heavy (non-hydrogen) atoms. The van der Waals surface area contributed by atoms with Crippen molar-refractivity contribution in [2.45, 2.75) is 6.92 Å². The van der Waals surface area contributed by atoms with Crippen LogP contribution in [0.1, 0.15) is 15.9 Å². The molecular formula is C23H29N5O3. The minimum absolute atomic E-state index is 0.0230. The first-order valence-corrected chi connectivity index (χ1v) is 10.7. The normalized spacial score (nSPS) is 16.9. The highest BCUT2D eigenvalue weighted by atomic mass is 16.5. The third kappa shape index (κ3) is 4.91. The smallest absolute Gasteiger partial charge is 0.321 e. The fourth-order valence-corrected chi connectivity index (χ4v) is 3.93. The lowest BCUT2D eigenvalue weighted by Crippen LogP contribution is -2.50. The van der Waals surface area contributed by atoms with Gasteiger partial charge in [0, 0.05) is 56.3 Å². The monoisotopic (exact) mass is 423 g/mol. The number of morpholine rings is 1. The molecule has 2 aromatic carbocycles. The van der Waals surface area contributed by atoms with Crippen LogP contribution in [0.25, 0.3) is 0 Å². The number of nitrogens with two attached hydrogens (primary N) is 1. The predicted molar refractivity (Wildman–Crippen MR) is 122 cm³/mol. The van der Waals surface area contributed by atoms with E-state index in [1.807, 2.05) is 48.2 Å². The van der Waals surface area contributed by atoms with Gasteiger partial charge in [0.25, 0.3) is 5.91 Å². The van der Waals surface area contributed by atoms with Gasteiger partial charge in [-0.2, -0.15) is 0 Å². The molecule has 3 N–H and O–H groups in total. The molecule has 0 bridgehead atoms. The van der Waals surface area contributed by atoms with E-state index in [9.17, 15) is 9.59 Å². The molecular weight excluding hydrogens is 394 g/mol. The van der Waals surface area contributed by atoms with Gasteiger partial charge in [-0.05, 0) is 37.3 Å². The zero-order chi connectivity index (χ0) is 21.8. The second kappa shape index (κ2) is 9.26. The number of ether oxygens (including phenoxy) is 1. The summed E-state index contributed by atoms with van der Waals surface area (Å²) in [5, 5.41) is 2.95. The van der Waals surface area contributed by atoms with Crippen LogP contribution in [-0.2, 0) is 4.74 Å². The zero-order valence-corrected chi connectivity index (χ0v) is 17.8. The van der Waals surface area contributed by atoms with Crippen LogP contribution in [0.3, 0.4) is 0 Å². The van der Waals surface area contributed by atoms with E-state index < -0.39 is 0 Å². The van der Waals surface area contributed by atoms with Gasteiger partial charge >= 0.3 is 6.03 Å². The molecule has 2 aliphatic heterocycles. The second-order valence-electron chi connectivity index (χ2n) is 7.95. The van der Waals surface area contributed by atoms with Crippen molar-refractivity contribution in [1.82, 2.24) is 9.80 Å². The first-order chi connectivity index (χ1) is 15.0. The third-order valence-electron chi connectivity index (χ3n) is 5.76. The number of urea groups is 1. The highest BCUT2D eigenvalue weighted by molar-refractivity contribution is 6.01. The van der Waals surface area contributed by atoms with Crippen molar-refractivity contribution in [3.05, 3.63) is 53.6 Å². The molecule has 0 aliphatic carbocycles.